The number of imidazole rings is 1. The molecule has 1 aliphatic rings. The van der Waals surface area contributed by atoms with Gasteiger partial charge in [-0.15, -0.1) is 0 Å². The van der Waals surface area contributed by atoms with Crippen molar-refractivity contribution in [1.82, 2.24) is 24.7 Å². The lowest BCUT2D eigenvalue weighted by Gasteiger charge is -2.36. The number of amides is 1. The van der Waals surface area contributed by atoms with Crippen LogP contribution in [0.3, 0.4) is 0 Å². The summed E-state index contributed by atoms with van der Waals surface area (Å²) in [5.41, 5.74) is 1.08. The number of piperazine rings is 1. The molecule has 1 N–H and O–H groups in total. The number of carbonyl (C=O) groups excluding carboxylic acids is 1. The van der Waals surface area contributed by atoms with Crippen LogP contribution in [0.25, 0.3) is 0 Å². The second-order valence-electron chi connectivity index (χ2n) is 6.82. The minimum atomic E-state index is -0.00528. The monoisotopic (exact) mass is 375 g/mol. The van der Waals surface area contributed by atoms with Crippen LogP contribution in [-0.2, 0) is 11.8 Å². The van der Waals surface area contributed by atoms with Crippen LogP contribution in [0.4, 0.5) is 0 Å². The lowest BCUT2D eigenvalue weighted by molar-refractivity contribution is -0.134. The number of nitrogens with zero attached hydrogens (tertiary/aromatic N) is 4. The smallest absolute Gasteiger partial charge is 0.237 e. The highest BCUT2D eigenvalue weighted by Gasteiger charge is 2.29. The van der Waals surface area contributed by atoms with Crippen LogP contribution >= 0.6 is 11.6 Å². The van der Waals surface area contributed by atoms with Crippen LogP contribution in [0, 0.1) is 0 Å². The van der Waals surface area contributed by atoms with Gasteiger partial charge in [-0.25, -0.2) is 4.98 Å². The van der Waals surface area contributed by atoms with Crippen LogP contribution < -0.4 is 5.32 Å². The molecule has 140 valence electrons. The van der Waals surface area contributed by atoms with Crippen molar-refractivity contribution in [3.63, 3.8) is 0 Å². The fraction of sp³-hybridized carbons (Fsp3) is 0.474. The minimum Gasteiger partial charge on any atom is -0.338 e. The lowest BCUT2D eigenvalue weighted by atomic mass is 10.1. The summed E-state index contributed by atoms with van der Waals surface area (Å²) in [6.07, 6.45) is 3.75. The third-order valence-corrected chi connectivity index (χ3v) is 5.43. The van der Waals surface area contributed by atoms with Crippen molar-refractivity contribution in [2.45, 2.75) is 19.0 Å². The first-order valence-electron chi connectivity index (χ1n) is 8.90. The topological polar surface area (TPSA) is 53.4 Å². The predicted octanol–water partition coefficient (Wildman–Crippen LogP) is 2.24. The number of hydrogen-bond acceptors (Lipinski definition) is 4. The summed E-state index contributed by atoms with van der Waals surface area (Å²) in [7, 11) is 3.85. The maximum absolute atomic E-state index is 12.9. The van der Waals surface area contributed by atoms with Gasteiger partial charge in [-0.2, -0.15) is 0 Å². The molecule has 3 rings (SSSR count). The standard InChI is InChI=1S/C19H26ClN5O/c1-14(15-4-6-16(20)7-5-15)24(3)18(26)13-25-11-8-21-12-17(25)19-22-9-10-23(19)2/h4-7,9-10,14,17,21H,8,11-13H2,1-3H3. The Labute approximate surface area is 159 Å². The molecule has 0 spiro atoms. The van der Waals surface area contributed by atoms with Gasteiger partial charge in [0.1, 0.15) is 5.82 Å². The zero-order valence-electron chi connectivity index (χ0n) is 15.5. The van der Waals surface area contributed by atoms with E-state index in [0.29, 0.717) is 11.6 Å². The minimum absolute atomic E-state index is 0.00528. The van der Waals surface area contributed by atoms with Gasteiger partial charge in [0.2, 0.25) is 5.91 Å². The average Bonchev–Trinajstić information content (AvgIpc) is 3.07. The third-order valence-electron chi connectivity index (χ3n) is 5.18. The van der Waals surface area contributed by atoms with Crippen molar-refractivity contribution in [2.24, 2.45) is 7.05 Å². The molecule has 0 aliphatic carbocycles. The first-order chi connectivity index (χ1) is 12.5. The number of halogens is 1. The highest BCUT2D eigenvalue weighted by atomic mass is 35.5. The van der Waals surface area contributed by atoms with Gasteiger partial charge in [0, 0.05) is 51.1 Å². The van der Waals surface area contributed by atoms with E-state index in [4.69, 9.17) is 11.6 Å². The molecule has 1 aliphatic heterocycles. The Hall–Kier alpha value is -1.89. The molecule has 1 fully saturated rings. The van der Waals surface area contributed by atoms with E-state index in [1.54, 1.807) is 11.1 Å². The van der Waals surface area contributed by atoms with Crippen LogP contribution in [0.5, 0.6) is 0 Å². The molecule has 0 bridgehead atoms. The number of nitrogens with one attached hydrogen (secondary N) is 1. The van der Waals surface area contributed by atoms with Gasteiger partial charge in [-0.3, -0.25) is 9.69 Å². The first kappa shape index (κ1) is 18.9. The molecule has 1 aromatic heterocycles. The molecule has 6 nitrogen and oxygen atoms in total. The predicted molar refractivity (Wildman–Crippen MR) is 103 cm³/mol. The normalized spacial score (nSPS) is 19.3. The van der Waals surface area contributed by atoms with Gasteiger partial charge in [0.25, 0.3) is 0 Å². The fourth-order valence-corrected chi connectivity index (χ4v) is 3.48. The van der Waals surface area contributed by atoms with Gasteiger partial charge >= 0.3 is 0 Å². The quantitative estimate of drug-likeness (QED) is 0.870. The number of aryl methyl sites for hydroxylation is 1. The maximum atomic E-state index is 12.9. The zero-order chi connectivity index (χ0) is 18.7. The van der Waals surface area contributed by atoms with Crippen LogP contribution in [-0.4, -0.2) is 58.5 Å². The molecule has 1 amide bonds. The Bertz CT molecular complexity index is 745. The molecule has 7 heteroatoms. The van der Waals surface area contributed by atoms with Crippen LogP contribution in [0.2, 0.25) is 5.02 Å². The second-order valence-corrected chi connectivity index (χ2v) is 7.26. The number of rotatable bonds is 5. The average molecular weight is 376 g/mol. The largest absolute Gasteiger partial charge is 0.338 e. The van der Waals surface area contributed by atoms with Gasteiger partial charge in [-0.1, -0.05) is 23.7 Å². The molecule has 1 saturated heterocycles. The summed E-state index contributed by atoms with van der Waals surface area (Å²) in [4.78, 5) is 21.4. The van der Waals surface area contributed by atoms with E-state index in [1.807, 2.05) is 56.0 Å². The third kappa shape index (κ3) is 4.09. The SMILES string of the molecule is CC(c1ccc(Cl)cc1)N(C)C(=O)CN1CCNCC1c1nccn1C. The summed E-state index contributed by atoms with van der Waals surface area (Å²) in [6.45, 7) is 4.93. The number of likely N-dealkylation sites (N-methyl/N-ethyl adjacent to an activating group) is 1. The molecule has 1 aromatic carbocycles. The number of hydrogen-bond donors (Lipinski definition) is 1. The molecular weight excluding hydrogens is 350 g/mol. The summed E-state index contributed by atoms with van der Waals surface area (Å²) in [5.74, 6) is 1.09. The molecular formula is C19H26ClN5O. The van der Waals surface area contributed by atoms with Crippen molar-refractivity contribution in [2.75, 3.05) is 33.2 Å². The van der Waals surface area contributed by atoms with Gasteiger partial charge in [0.05, 0.1) is 18.6 Å². The van der Waals surface area contributed by atoms with E-state index < -0.39 is 0 Å². The number of carbonyl (C=O) groups is 1. The van der Waals surface area contributed by atoms with Crippen LogP contribution in [0.15, 0.2) is 36.7 Å². The van der Waals surface area contributed by atoms with Gasteiger partial charge in [-0.05, 0) is 24.6 Å². The van der Waals surface area contributed by atoms with Crippen molar-refractivity contribution in [3.8, 4) is 0 Å². The van der Waals surface area contributed by atoms with Gasteiger partial charge < -0.3 is 14.8 Å². The Morgan fingerprint density at radius 2 is 2.15 bits per heavy atom. The Kier molecular flexibility index (Phi) is 5.96. The Balaban J connectivity index is 1.69. The summed E-state index contributed by atoms with van der Waals surface area (Å²) >= 11 is 5.96. The van der Waals surface area contributed by atoms with E-state index in [9.17, 15) is 4.79 Å². The second kappa shape index (κ2) is 8.20. The highest BCUT2D eigenvalue weighted by molar-refractivity contribution is 6.30. The van der Waals surface area contributed by atoms with Crippen molar-refractivity contribution < 1.29 is 4.79 Å². The molecule has 0 radical (unpaired) electrons. The van der Waals surface area contributed by atoms with E-state index >= 15 is 0 Å². The Morgan fingerprint density at radius 1 is 1.42 bits per heavy atom. The fourth-order valence-electron chi connectivity index (χ4n) is 3.35. The Morgan fingerprint density at radius 3 is 2.81 bits per heavy atom. The van der Waals surface area contributed by atoms with Crippen LogP contribution in [0.1, 0.15) is 30.4 Å². The van der Waals surface area contributed by atoms with E-state index in [1.165, 1.54) is 0 Å². The summed E-state index contributed by atoms with van der Waals surface area (Å²) in [6, 6.07) is 7.76. The maximum Gasteiger partial charge on any atom is 0.237 e. The van der Waals surface area contributed by atoms with Crippen molar-refractivity contribution in [1.29, 1.82) is 0 Å². The molecule has 0 saturated carbocycles. The van der Waals surface area contributed by atoms with E-state index in [2.05, 4.69) is 15.2 Å². The summed E-state index contributed by atoms with van der Waals surface area (Å²) < 4.78 is 2.02. The van der Waals surface area contributed by atoms with Crippen molar-refractivity contribution >= 4 is 17.5 Å². The van der Waals surface area contributed by atoms with E-state index in [-0.39, 0.29) is 18.0 Å². The molecule has 2 aromatic rings. The number of aromatic nitrogens is 2. The molecule has 2 unspecified atom stereocenters. The number of benzene rings is 1. The zero-order valence-corrected chi connectivity index (χ0v) is 16.3. The molecule has 2 atom stereocenters. The van der Waals surface area contributed by atoms with Crippen molar-refractivity contribution in [3.05, 3.63) is 53.1 Å². The lowest BCUT2D eigenvalue weighted by Crippen LogP contribution is -2.50. The molecule has 2 heterocycles. The first-order valence-corrected chi connectivity index (χ1v) is 9.28. The summed E-state index contributed by atoms with van der Waals surface area (Å²) in [5, 5.41) is 4.11. The highest BCUT2D eigenvalue weighted by Crippen LogP contribution is 2.23. The van der Waals surface area contributed by atoms with Gasteiger partial charge in [0.15, 0.2) is 0 Å². The molecule has 26 heavy (non-hydrogen) atoms. The van der Waals surface area contributed by atoms with E-state index in [0.717, 1.165) is 31.0 Å².